The van der Waals surface area contributed by atoms with Crippen LogP contribution in [0.2, 0.25) is 5.02 Å². The van der Waals surface area contributed by atoms with Crippen molar-refractivity contribution in [3.8, 4) is 5.75 Å². The highest BCUT2D eigenvalue weighted by Gasteiger charge is 2.04. The third kappa shape index (κ3) is 2.77. The average Bonchev–Trinajstić information content (AvgIpc) is 2.33. The van der Waals surface area contributed by atoms with Gasteiger partial charge in [0.1, 0.15) is 12.4 Å². The predicted octanol–water partition coefficient (Wildman–Crippen LogP) is 4.12. The van der Waals surface area contributed by atoms with Crippen LogP contribution in [-0.4, -0.2) is 0 Å². The number of anilines is 1. The number of rotatable bonds is 3. The van der Waals surface area contributed by atoms with E-state index in [0.29, 0.717) is 6.61 Å². The minimum absolute atomic E-state index is 0.513. The van der Waals surface area contributed by atoms with Crippen LogP contribution in [0.5, 0.6) is 5.75 Å². The number of ether oxygens (including phenoxy) is 1. The molecule has 3 heteroatoms. The number of aryl methyl sites for hydroxylation is 1. The number of hydrogen-bond donors (Lipinski definition) is 1. The first-order chi connectivity index (χ1) is 8.58. The summed E-state index contributed by atoms with van der Waals surface area (Å²) in [7, 11) is 0. The lowest BCUT2D eigenvalue weighted by Crippen LogP contribution is -2.01. The minimum Gasteiger partial charge on any atom is -0.489 e. The zero-order valence-electron chi connectivity index (χ0n) is 10.5. The van der Waals surface area contributed by atoms with Gasteiger partial charge in [0.25, 0.3) is 0 Å². The molecule has 0 amide bonds. The van der Waals surface area contributed by atoms with Crippen molar-refractivity contribution in [1.82, 2.24) is 0 Å². The van der Waals surface area contributed by atoms with Gasteiger partial charge in [0.05, 0.1) is 0 Å². The van der Waals surface area contributed by atoms with Crippen LogP contribution < -0.4 is 10.5 Å². The molecule has 0 saturated heterocycles. The molecule has 0 aromatic heterocycles. The highest BCUT2D eigenvalue weighted by atomic mass is 35.5. The Balaban J connectivity index is 2.14. The molecule has 0 saturated carbocycles. The minimum atomic E-state index is 0.513. The Morgan fingerprint density at radius 2 is 1.94 bits per heavy atom. The molecule has 0 bridgehead atoms. The molecule has 18 heavy (non-hydrogen) atoms. The van der Waals surface area contributed by atoms with Gasteiger partial charge in [-0.3, -0.25) is 0 Å². The third-order valence-electron chi connectivity index (χ3n) is 3.01. The van der Waals surface area contributed by atoms with Crippen LogP contribution in [0.15, 0.2) is 36.4 Å². The molecule has 0 unspecified atom stereocenters. The van der Waals surface area contributed by atoms with Crippen LogP contribution >= 0.6 is 11.6 Å². The molecular weight excluding hydrogens is 246 g/mol. The van der Waals surface area contributed by atoms with Gasteiger partial charge in [-0.05, 0) is 54.8 Å². The Kier molecular flexibility index (Phi) is 3.78. The molecule has 2 rings (SSSR count). The van der Waals surface area contributed by atoms with Crippen LogP contribution in [0.25, 0.3) is 0 Å². The largest absolute Gasteiger partial charge is 0.489 e. The van der Waals surface area contributed by atoms with E-state index in [1.54, 1.807) is 0 Å². The summed E-state index contributed by atoms with van der Waals surface area (Å²) in [5, 5.41) is 0.722. The highest BCUT2D eigenvalue weighted by Crippen LogP contribution is 2.24. The smallest absolute Gasteiger partial charge is 0.122 e. The number of halogens is 1. The highest BCUT2D eigenvalue weighted by molar-refractivity contribution is 6.30. The molecule has 94 valence electrons. The molecule has 0 radical (unpaired) electrons. The third-order valence-corrected chi connectivity index (χ3v) is 3.24. The molecule has 2 nitrogen and oxygen atoms in total. The van der Waals surface area contributed by atoms with Crippen molar-refractivity contribution in [2.75, 3.05) is 5.73 Å². The molecule has 2 aromatic carbocycles. The molecular formula is C15H16ClNO. The summed E-state index contributed by atoms with van der Waals surface area (Å²) in [6, 6.07) is 11.5. The lowest BCUT2D eigenvalue weighted by Gasteiger charge is -2.12. The standard InChI is InChI=1S/C15H16ClNO/c1-10-8-13(16)6-7-15(10)18-9-12-4-3-5-14(17)11(12)2/h3-8H,9,17H2,1-2H3. The summed E-state index contributed by atoms with van der Waals surface area (Å²) in [6.07, 6.45) is 0. The summed E-state index contributed by atoms with van der Waals surface area (Å²) in [5.74, 6) is 0.848. The predicted molar refractivity (Wildman–Crippen MR) is 76.1 cm³/mol. The van der Waals surface area contributed by atoms with Gasteiger partial charge >= 0.3 is 0 Å². The van der Waals surface area contributed by atoms with E-state index in [1.165, 1.54) is 0 Å². The Labute approximate surface area is 112 Å². The summed E-state index contributed by atoms with van der Waals surface area (Å²) < 4.78 is 5.80. The van der Waals surface area contributed by atoms with E-state index >= 15 is 0 Å². The number of nitrogen functional groups attached to an aromatic ring is 1. The summed E-state index contributed by atoms with van der Waals surface area (Å²) in [4.78, 5) is 0. The SMILES string of the molecule is Cc1cc(Cl)ccc1OCc1cccc(N)c1C. The number of nitrogens with two attached hydrogens (primary N) is 1. The van der Waals surface area contributed by atoms with Crippen molar-refractivity contribution in [3.05, 3.63) is 58.1 Å². The van der Waals surface area contributed by atoms with Crippen LogP contribution in [0.4, 0.5) is 5.69 Å². The Hall–Kier alpha value is -1.67. The fourth-order valence-corrected chi connectivity index (χ4v) is 2.02. The fourth-order valence-electron chi connectivity index (χ4n) is 1.79. The Bertz CT molecular complexity index is 566. The lowest BCUT2D eigenvalue weighted by atomic mass is 10.1. The molecule has 0 atom stereocenters. The van der Waals surface area contributed by atoms with Gasteiger partial charge in [0.2, 0.25) is 0 Å². The van der Waals surface area contributed by atoms with E-state index in [4.69, 9.17) is 22.1 Å². The van der Waals surface area contributed by atoms with Crippen LogP contribution in [0.1, 0.15) is 16.7 Å². The first-order valence-corrected chi connectivity index (χ1v) is 6.18. The molecule has 0 aliphatic carbocycles. The quantitative estimate of drug-likeness (QED) is 0.844. The van der Waals surface area contributed by atoms with Crippen molar-refractivity contribution < 1.29 is 4.74 Å². The van der Waals surface area contributed by atoms with Gasteiger partial charge < -0.3 is 10.5 Å². The zero-order valence-corrected chi connectivity index (χ0v) is 11.3. The summed E-state index contributed by atoms with van der Waals surface area (Å²) in [5.41, 5.74) is 9.87. The monoisotopic (exact) mass is 261 g/mol. The second-order valence-electron chi connectivity index (χ2n) is 4.33. The normalized spacial score (nSPS) is 10.4. The first-order valence-electron chi connectivity index (χ1n) is 5.81. The molecule has 2 N–H and O–H groups in total. The van der Waals surface area contributed by atoms with E-state index in [1.807, 2.05) is 50.2 Å². The maximum Gasteiger partial charge on any atom is 0.122 e. The lowest BCUT2D eigenvalue weighted by molar-refractivity contribution is 0.303. The molecule has 2 aromatic rings. The van der Waals surface area contributed by atoms with Gasteiger partial charge in [0.15, 0.2) is 0 Å². The summed E-state index contributed by atoms with van der Waals surface area (Å²) >= 11 is 5.91. The van der Waals surface area contributed by atoms with E-state index in [-0.39, 0.29) is 0 Å². The number of hydrogen-bond acceptors (Lipinski definition) is 2. The van der Waals surface area contributed by atoms with Gasteiger partial charge in [0, 0.05) is 10.7 Å². The zero-order chi connectivity index (χ0) is 13.1. The van der Waals surface area contributed by atoms with Crippen molar-refractivity contribution in [2.24, 2.45) is 0 Å². The molecule has 0 fully saturated rings. The maximum absolute atomic E-state index is 5.91. The van der Waals surface area contributed by atoms with E-state index < -0.39 is 0 Å². The average molecular weight is 262 g/mol. The topological polar surface area (TPSA) is 35.2 Å². The van der Waals surface area contributed by atoms with Crippen LogP contribution in [0, 0.1) is 13.8 Å². The second-order valence-corrected chi connectivity index (χ2v) is 4.77. The summed E-state index contributed by atoms with van der Waals surface area (Å²) in [6.45, 7) is 4.50. The van der Waals surface area contributed by atoms with Gasteiger partial charge in [-0.25, -0.2) is 0 Å². The van der Waals surface area contributed by atoms with Crippen LogP contribution in [0.3, 0.4) is 0 Å². The molecule has 0 aliphatic heterocycles. The molecule has 0 aliphatic rings. The second kappa shape index (κ2) is 5.32. The van der Waals surface area contributed by atoms with Gasteiger partial charge in [-0.2, -0.15) is 0 Å². The number of benzene rings is 2. The van der Waals surface area contributed by atoms with E-state index in [2.05, 4.69) is 0 Å². The van der Waals surface area contributed by atoms with Crippen molar-refractivity contribution >= 4 is 17.3 Å². The van der Waals surface area contributed by atoms with Gasteiger partial charge in [-0.1, -0.05) is 23.7 Å². The molecule has 0 heterocycles. The van der Waals surface area contributed by atoms with Crippen molar-refractivity contribution in [3.63, 3.8) is 0 Å². The Morgan fingerprint density at radius 3 is 2.67 bits per heavy atom. The first kappa shape index (κ1) is 12.8. The molecule has 0 spiro atoms. The van der Waals surface area contributed by atoms with E-state index in [9.17, 15) is 0 Å². The van der Waals surface area contributed by atoms with Crippen molar-refractivity contribution in [1.29, 1.82) is 0 Å². The fraction of sp³-hybridized carbons (Fsp3) is 0.200. The van der Waals surface area contributed by atoms with E-state index in [0.717, 1.165) is 33.1 Å². The van der Waals surface area contributed by atoms with Crippen molar-refractivity contribution in [2.45, 2.75) is 20.5 Å². The van der Waals surface area contributed by atoms with Gasteiger partial charge in [-0.15, -0.1) is 0 Å². The van der Waals surface area contributed by atoms with Crippen LogP contribution in [-0.2, 0) is 6.61 Å². The Morgan fingerprint density at radius 1 is 1.17 bits per heavy atom. The maximum atomic E-state index is 5.91.